The van der Waals surface area contributed by atoms with Crippen molar-refractivity contribution in [3.8, 4) is 0 Å². The molecule has 102 valence electrons. The van der Waals surface area contributed by atoms with Crippen LogP contribution in [0.3, 0.4) is 0 Å². The number of carbonyl (C=O) groups excluding carboxylic acids is 1. The molecule has 2 bridgehead atoms. The second-order valence-corrected chi connectivity index (χ2v) is 4.83. The molecule has 5 nitrogen and oxygen atoms in total. The zero-order valence-corrected chi connectivity index (χ0v) is 10.7. The molecule has 3 rings (SSSR count). The normalized spacial score (nSPS) is 33.1. The third-order valence-electron chi connectivity index (χ3n) is 3.57. The number of ether oxygens (including phenoxy) is 3. The van der Waals surface area contributed by atoms with Crippen molar-refractivity contribution in [2.45, 2.75) is 31.0 Å². The molecule has 2 aliphatic rings. The van der Waals surface area contributed by atoms with Crippen LogP contribution in [0.4, 0.5) is 0 Å². The van der Waals surface area contributed by atoms with E-state index in [9.17, 15) is 4.79 Å². The highest BCUT2D eigenvalue weighted by Crippen LogP contribution is 2.27. The Hall–Kier alpha value is -1.43. The van der Waals surface area contributed by atoms with Crippen LogP contribution in [-0.4, -0.2) is 44.2 Å². The maximum Gasteiger partial charge on any atom is 0.337 e. The molecular formula is C14H17NO4. The van der Waals surface area contributed by atoms with Gasteiger partial charge in [0.15, 0.2) is 12.4 Å². The zero-order valence-electron chi connectivity index (χ0n) is 10.7. The van der Waals surface area contributed by atoms with Crippen LogP contribution >= 0.6 is 0 Å². The van der Waals surface area contributed by atoms with Gasteiger partial charge in [0.2, 0.25) is 0 Å². The van der Waals surface area contributed by atoms with E-state index in [2.05, 4.69) is 17.4 Å². The van der Waals surface area contributed by atoms with Crippen LogP contribution in [0, 0.1) is 0 Å². The number of hydrogen-bond acceptors (Lipinski definition) is 5. The first-order valence-corrected chi connectivity index (χ1v) is 6.44. The average molecular weight is 263 g/mol. The lowest BCUT2D eigenvalue weighted by atomic mass is 10.0. The highest BCUT2D eigenvalue weighted by Gasteiger charge is 2.47. The summed E-state index contributed by atoms with van der Waals surface area (Å²) in [6.45, 7) is 0.605. The lowest BCUT2D eigenvalue weighted by Crippen LogP contribution is -2.50. The summed E-state index contributed by atoms with van der Waals surface area (Å²) >= 11 is 0. The van der Waals surface area contributed by atoms with Gasteiger partial charge < -0.3 is 19.5 Å². The molecule has 2 saturated heterocycles. The van der Waals surface area contributed by atoms with Crippen LogP contribution in [0.2, 0.25) is 0 Å². The summed E-state index contributed by atoms with van der Waals surface area (Å²) in [7, 11) is 1.36. The number of fused-ring (bicyclic) bond motifs is 2. The molecule has 0 aromatic heterocycles. The van der Waals surface area contributed by atoms with Crippen molar-refractivity contribution in [2.24, 2.45) is 0 Å². The van der Waals surface area contributed by atoms with E-state index >= 15 is 0 Å². The Morgan fingerprint density at radius 3 is 2.89 bits per heavy atom. The first-order valence-electron chi connectivity index (χ1n) is 6.44. The summed E-state index contributed by atoms with van der Waals surface area (Å²) in [5.74, 6) is -0.366. The molecule has 0 aliphatic carbocycles. The number of carbonyl (C=O) groups is 1. The molecule has 5 heteroatoms. The van der Waals surface area contributed by atoms with Crippen molar-refractivity contribution in [2.75, 3.05) is 13.7 Å². The van der Waals surface area contributed by atoms with Gasteiger partial charge in [-0.15, -0.1) is 0 Å². The Balaban J connectivity index is 1.66. The SMILES string of the molecule is COC(=O)[C@@H]1O[C@@H]2O[C@H]1CN[C@@H]2Cc1ccccc1. The van der Waals surface area contributed by atoms with Crippen LogP contribution in [0.25, 0.3) is 0 Å². The number of benzene rings is 1. The van der Waals surface area contributed by atoms with Crippen molar-refractivity contribution in [1.29, 1.82) is 0 Å². The average Bonchev–Trinajstić information content (AvgIpc) is 2.81. The van der Waals surface area contributed by atoms with Crippen molar-refractivity contribution < 1.29 is 19.0 Å². The fraction of sp³-hybridized carbons (Fsp3) is 0.500. The monoisotopic (exact) mass is 263 g/mol. The fourth-order valence-electron chi connectivity index (χ4n) is 2.58. The molecule has 0 spiro atoms. The maximum absolute atomic E-state index is 11.6. The predicted octanol–water partition coefficient (Wildman–Crippen LogP) is 0.484. The third kappa shape index (κ3) is 2.49. The molecule has 1 N–H and O–H groups in total. The molecule has 2 aliphatic heterocycles. The van der Waals surface area contributed by atoms with E-state index in [1.165, 1.54) is 12.7 Å². The van der Waals surface area contributed by atoms with Crippen molar-refractivity contribution in [1.82, 2.24) is 5.32 Å². The summed E-state index contributed by atoms with van der Waals surface area (Å²) in [6, 6.07) is 10.2. The van der Waals surface area contributed by atoms with E-state index in [0.717, 1.165) is 6.42 Å². The molecule has 0 amide bonds. The number of hydrogen-bond donors (Lipinski definition) is 1. The topological polar surface area (TPSA) is 56.8 Å². The van der Waals surface area contributed by atoms with E-state index in [1.54, 1.807) is 0 Å². The van der Waals surface area contributed by atoms with Gasteiger partial charge in [0, 0.05) is 6.54 Å². The standard InChI is InChI=1S/C14H17NO4/c1-17-13(16)12-11-8-15-10(14(18-11)19-12)7-9-5-3-2-4-6-9/h2-6,10-12,14-15H,7-8H2,1H3/t10-,11+,12-,14+/m1/s1. The second kappa shape index (κ2) is 5.28. The Morgan fingerprint density at radius 1 is 1.37 bits per heavy atom. The zero-order chi connectivity index (χ0) is 13.2. The number of morpholine rings is 1. The number of methoxy groups -OCH3 is 1. The lowest BCUT2D eigenvalue weighted by molar-refractivity contribution is -0.155. The van der Waals surface area contributed by atoms with Gasteiger partial charge in [-0.25, -0.2) is 4.79 Å². The van der Waals surface area contributed by atoms with Gasteiger partial charge in [-0.2, -0.15) is 0 Å². The first-order chi connectivity index (χ1) is 9.28. The van der Waals surface area contributed by atoms with Gasteiger partial charge >= 0.3 is 5.97 Å². The smallest absolute Gasteiger partial charge is 0.337 e. The van der Waals surface area contributed by atoms with Gasteiger partial charge in [0.1, 0.15) is 6.10 Å². The summed E-state index contributed by atoms with van der Waals surface area (Å²) < 4.78 is 16.1. The van der Waals surface area contributed by atoms with Gasteiger partial charge in [0.05, 0.1) is 13.2 Å². The largest absolute Gasteiger partial charge is 0.467 e. The van der Waals surface area contributed by atoms with E-state index in [4.69, 9.17) is 14.2 Å². The van der Waals surface area contributed by atoms with Gasteiger partial charge in [-0.3, -0.25) is 0 Å². The minimum absolute atomic E-state index is 0.0632. The maximum atomic E-state index is 11.6. The molecule has 2 fully saturated rings. The van der Waals surface area contributed by atoms with Crippen LogP contribution in [-0.2, 0) is 25.4 Å². The Labute approximate surface area is 111 Å². The Bertz CT molecular complexity index is 450. The third-order valence-corrected chi connectivity index (χ3v) is 3.57. The molecule has 19 heavy (non-hydrogen) atoms. The molecule has 1 aromatic rings. The Kier molecular flexibility index (Phi) is 3.50. The van der Waals surface area contributed by atoms with Crippen LogP contribution in [0.1, 0.15) is 5.56 Å². The minimum atomic E-state index is -0.608. The van der Waals surface area contributed by atoms with Crippen LogP contribution in [0.15, 0.2) is 30.3 Å². The number of esters is 1. The summed E-state index contributed by atoms with van der Waals surface area (Å²) in [5.41, 5.74) is 1.21. The van der Waals surface area contributed by atoms with Crippen molar-refractivity contribution in [3.05, 3.63) is 35.9 Å². The van der Waals surface area contributed by atoms with Gasteiger partial charge in [0.25, 0.3) is 0 Å². The van der Waals surface area contributed by atoms with Crippen LogP contribution < -0.4 is 5.32 Å². The van der Waals surface area contributed by atoms with E-state index in [1.807, 2.05) is 18.2 Å². The summed E-state index contributed by atoms with van der Waals surface area (Å²) in [6.07, 6.45) is -0.428. The molecule has 2 heterocycles. The summed E-state index contributed by atoms with van der Waals surface area (Å²) in [4.78, 5) is 11.6. The Morgan fingerprint density at radius 2 is 2.16 bits per heavy atom. The van der Waals surface area contributed by atoms with Crippen molar-refractivity contribution in [3.63, 3.8) is 0 Å². The van der Waals surface area contributed by atoms with E-state index < -0.39 is 6.10 Å². The quantitative estimate of drug-likeness (QED) is 0.804. The molecule has 4 atom stereocenters. The highest BCUT2D eigenvalue weighted by molar-refractivity contribution is 5.75. The minimum Gasteiger partial charge on any atom is -0.467 e. The highest BCUT2D eigenvalue weighted by atomic mass is 16.7. The summed E-state index contributed by atoms with van der Waals surface area (Å²) in [5, 5.41) is 3.38. The lowest BCUT2D eigenvalue weighted by Gasteiger charge is -2.28. The molecule has 0 radical (unpaired) electrons. The number of nitrogens with one attached hydrogen (secondary N) is 1. The molecule has 1 aromatic carbocycles. The predicted molar refractivity (Wildman–Crippen MR) is 67.5 cm³/mol. The number of rotatable bonds is 3. The van der Waals surface area contributed by atoms with E-state index in [-0.39, 0.29) is 24.4 Å². The van der Waals surface area contributed by atoms with Crippen molar-refractivity contribution >= 4 is 5.97 Å². The second-order valence-electron chi connectivity index (χ2n) is 4.83. The van der Waals surface area contributed by atoms with Gasteiger partial charge in [-0.1, -0.05) is 30.3 Å². The van der Waals surface area contributed by atoms with E-state index in [0.29, 0.717) is 6.54 Å². The molecule has 0 saturated carbocycles. The van der Waals surface area contributed by atoms with Crippen LogP contribution in [0.5, 0.6) is 0 Å². The first kappa shape index (κ1) is 12.6. The molecular weight excluding hydrogens is 246 g/mol. The fourth-order valence-corrected chi connectivity index (χ4v) is 2.58. The molecule has 0 unspecified atom stereocenters. The van der Waals surface area contributed by atoms with Gasteiger partial charge in [-0.05, 0) is 12.0 Å².